The van der Waals surface area contributed by atoms with Gasteiger partial charge in [0.25, 0.3) is 0 Å². The van der Waals surface area contributed by atoms with Crippen LogP contribution in [0.1, 0.15) is 37.3 Å². The average Bonchev–Trinajstić information content (AvgIpc) is 2.40. The second-order valence-electron chi connectivity index (χ2n) is 4.66. The molecule has 1 aliphatic carbocycles. The Morgan fingerprint density at radius 1 is 1.29 bits per heavy atom. The highest BCUT2D eigenvalue weighted by atomic mass is 16.5. The van der Waals surface area contributed by atoms with Crippen molar-refractivity contribution in [1.29, 1.82) is 0 Å². The lowest BCUT2D eigenvalue weighted by molar-refractivity contribution is 0.284. The van der Waals surface area contributed by atoms with Gasteiger partial charge in [-0.2, -0.15) is 0 Å². The van der Waals surface area contributed by atoms with Crippen LogP contribution in [0.25, 0.3) is 0 Å². The summed E-state index contributed by atoms with van der Waals surface area (Å²) in [5.74, 6) is 1.83. The topological polar surface area (TPSA) is 47.0 Å². The zero-order valence-electron chi connectivity index (χ0n) is 10.6. The maximum Gasteiger partial charge on any atom is 0.235 e. The maximum atomic E-state index is 5.33. The van der Waals surface area contributed by atoms with Gasteiger partial charge in [0.1, 0.15) is 5.69 Å². The normalized spacial score (nSPS) is 24.6. The highest BCUT2D eigenvalue weighted by Crippen LogP contribution is 2.39. The van der Waals surface area contributed by atoms with Gasteiger partial charge < -0.3 is 10.1 Å². The van der Waals surface area contributed by atoms with E-state index in [1.807, 2.05) is 7.05 Å². The lowest BCUT2D eigenvalue weighted by Crippen LogP contribution is -2.28. The van der Waals surface area contributed by atoms with E-state index in [2.05, 4.69) is 15.3 Å². The van der Waals surface area contributed by atoms with E-state index in [0.29, 0.717) is 17.7 Å². The summed E-state index contributed by atoms with van der Waals surface area (Å²) < 4.78 is 5.33. The molecule has 94 valence electrons. The molecule has 1 N–H and O–H groups in total. The van der Waals surface area contributed by atoms with Crippen molar-refractivity contribution < 1.29 is 4.74 Å². The monoisotopic (exact) mass is 235 g/mol. The van der Waals surface area contributed by atoms with Gasteiger partial charge in [0.15, 0.2) is 0 Å². The van der Waals surface area contributed by atoms with E-state index < -0.39 is 0 Å². The molecule has 1 fully saturated rings. The predicted octanol–water partition coefficient (Wildman–Crippen LogP) is 1.98. The summed E-state index contributed by atoms with van der Waals surface area (Å²) in [6, 6.07) is 0. The molecule has 2 atom stereocenters. The van der Waals surface area contributed by atoms with Gasteiger partial charge in [-0.3, -0.25) is 4.98 Å². The van der Waals surface area contributed by atoms with Crippen LogP contribution < -0.4 is 10.1 Å². The Morgan fingerprint density at radius 2 is 2.06 bits per heavy atom. The molecule has 0 saturated heterocycles. The number of hydrogen-bond acceptors (Lipinski definition) is 4. The number of hydrogen-bond donors (Lipinski definition) is 1. The van der Waals surface area contributed by atoms with Crippen molar-refractivity contribution in [2.45, 2.75) is 31.6 Å². The van der Waals surface area contributed by atoms with Crippen molar-refractivity contribution in [2.75, 3.05) is 20.7 Å². The van der Waals surface area contributed by atoms with Gasteiger partial charge >= 0.3 is 0 Å². The third-order valence-electron chi connectivity index (χ3n) is 3.61. The Hall–Kier alpha value is -1.16. The highest BCUT2D eigenvalue weighted by Gasteiger charge is 2.29. The van der Waals surface area contributed by atoms with Crippen molar-refractivity contribution in [3.8, 4) is 5.88 Å². The first-order valence-corrected chi connectivity index (χ1v) is 6.36. The highest BCUT2D eigenvalue weighted by molar-refractivity contribution is 5.23. The Morgan fingerprint density at radius 3 is 2.82 bits per heavy atom. The third-order valence-corrected chi connectivity index (χ3v) is 3.61. The van der Waals surface area contributed by atoms with Crippen LogP contribution in [0.3, 0.4) is 0 Å². The summed E-state index contributed by atoms with van der Waals surface area (Å²) in [5, 5.41) is 3.29. The first-order chi connectivity index (χ1) is 8.36. The van der Waals surface area contributed by atoms with Crippen LogP contribution in [-0.4, -0.2) is 30.7 Å². The fraction of sp³-hybridized carbons (Fsp3) is 0.692. The van der Waals surface area contributed by atoms with Gasteiger partial charge in [0, 0.05) is 18.3 Å². The van der Waals surface area contributed by atoms with Crippen molar-refractivity contribution >= 4 is 0 Å². The summed E-state index contributed by atoms with van der Waals surface area (Å²) in [7, 11) is 3.68. The smallest absolute Gasteiger partial charge is 0.235 e. The molecule has 0 amide bonds. The van der Waals surface area contributed by atoms with E-state index in [9.17, 15) is 0 Å². The van der Waals surface area contributed by atoms with Gasteiger partial charge in [-0.05, 0) is 32.4 Å². The quantitative estimate of drug-likeness (QED) is 0.867. The number of nitrogens with one attached hydrogen (secondary N) is 1. The van der Waals surface area contributed by atoms with Crippen LogP contribution in [-0.2, 0) is 0 Å². The number of nitrogens with zero attached hydrogens (tertiary/aromatic N) is 2. The van der Waals surface area contributed by atoms with Gasteiger partial charge in [0.05, 0.1) is 7.11 Å². The van der Waals surface area contributed by atoms with Crippen LogP contribution in [0.4, 0.5) is 0 Å². The Kier molecular flexibility index (Phi) is 4.31. The predicted molar refractivity (Wildman–Crippen MR) is 67.2 cm³/mol. The van der Waals surface area contributed by atoms with Crippen LogP contribution in [0.2, 0.25) is 0 Å². The summed E-state index contributed by atoms with van der Waals surface area (Å²) in [6.45, 7) is 1.05. The van der Waals surface area contributed by atoms with Crippen LogP contribution in [0.5, 0.6) is 5.88 Å². The zero-order chi connectivity index (χ0) is 12.1. The third kappa shape index (κ3) is 2.75. The van der Waals surface area contributed by atoms with E-state index >= 15 is 0 Å². The molecule has 0 bridgehead atoms. The Balaban J connectivity index is 2.22. The lowest BCUT2D eigenvalue weighted by Gasteiger charge is -2.31. The maximum absolute atomic E-state index is 5.33. The summed E-state index contributed by atoms with van der Waals surface area (Å²) >= 11 is 0. The molecule has 2 rings (SSSR count). The molecule has 0 aromatic carbocycles. The van der Waals surface area contributed by atoms with Crippen molar-refractivity contribution in [3.05, 3.63) is 18.1 Å². The van der Waals surface area contributed by atoms with E-state index in [4.69, 9.17) is 4.74 Å². The minimum absolute atomic E-state index is 0.486. The minimum Gasteiger partial charge on any atom is -0.480 e. The number of methoxy groups -OCH3 is 1. The van der Waals surface area contributed by atoms with Gasteiger partial charge in [-0.15, -0.1) is 0 Å². The Labute approximate surface area is 103 Å². The second kappa shape index (κ2) is 5.96. The van der Waals surface area contributed by atoms with E-state index in [-0.39, 0.29) is 0 Å². The molecule has 1 aromatic heterocycles. The Bertz CT molecular complexity index is 354. The largest absolute Gasteiger partial charge is 0.480 e. The fourth-order valence-electron chi connectivity index (χ4n) is 2.82. The SMILES string of the molecule is CNCC1CCCCC1c1nccnc1OC. The molecule has 0 spiro atoms. The van der Waals surface area contributed by atoms with E-state index in [0.717, 1.165) is 12.2 Å². The van der Waals surface area contributed by atoms with Gasteiger partial charge in [0.2, 0.25) is 5.88 Å². The molecular formula is C13H21N3O. The lowest BCUT2D eigenvalue weighted by atomic mass is 9.77. The number of aromatic nitrogens is 2. The summed E-state index contributed by atoms with van der Waals surface area (Å²) in [4.78, 5) is 8.75. The summed E-state index contributed by atoms with van der Waals surface area (Å²) in [5.41, 5.74) is 1.04. The van der Waals surface area contributed by atoms with Crippen LogP contribution in [0, 0.1) is 5.92 Å². The van der Waals surface area contributed by atoms with Crippen molar-refractivity contribution in [1.82, 2.24) is 15.3 Å². The first kappa shape index (κ1) is 12.3. The molecule has 1 saturated carbocycles. The molecular weight excluding hydrogens is 214 g/mol. The standard InChI is InChI=1S/C13H21N3O/c1-14-9-10-5-3-4-6-11(10)12-13(17-2)16-8-7-15-12/h7-8,10-11,14H,3-6,9H2,1-2H3. The molecule has 4 heteroatoms. The van der Waals surface area contributed by atoms with E-state index in [1.54, 1.807) is 19.5 Å². The first-order valence-electron chi connectivity index (χ1n) is 6.36. The molecule has 0 aliphatic heterocycles. The average molecular weight is 235 g/mol. The van der Waals surface area contributed by atoms with E-state index in [1.165, 1.54) is 25.7 Å². The number of ether oxygens (including phenoxy) is 1. The fourth-order valence-corrected chi connectivity index (χ4v) is 2.82. The second-order valence-corrected chi connectivity index (χ2v) is 4.66. The van der Waals surface area contributed by atoms with Crippen LogP contribution >= 0.6 is 0 Å². The van der Waals surface area contributed by atoms with Crippen LogP contribution in [0.15, 0.2) is 12.4 Å². The van der Waals surface area contributed by atoms with Crippen molar-refractivity contribution in [2.24, 2.45) is 5.92 Å². The molecule has 17 heavy (non-hydrogen) atoms. The molecule has 1 aromatic rings. The van der Waals surface area contributed by atoms with Gasteiger partial charge in [-0.1, -0.05) is 12.8 Å². The van der Waals surface area contributed by atoms with Gasteiger partial charge in [-0.25, -0.2) is 4.98 Å². The molecule has 1 heterocycles. The minimum atomic E-state index is 0.486. The molecule has 2 unspecified atom stereocenters. The number of rotatable bonds is 4. The summed E-state index contributed by atoms with van der Waals surface area (Å²) in [6.07, 6.45) is 8.53. The molecule has 1 aliphatic rings. The zero-order valence-corrected chi connectivity index (χ0v) is 10.6. The van der Waals surface area contributed by atoms with Crippen molar-refractivity contribution in [3.63, 3.8) is 0 Å². The molecule has 0 radical (unpaired) electrons. The molecule has 4 nitrogen and oxygen atoms in total.